The highest BCUT2D eigenvalue weighted by Crippen LogP contribution is 2.14. The molecule has 1 amide bonds. The van der Waals surface area contributed by atoms with Gasteiger partial charge in [-0.25, -0.2) is 9.97 Å². The molecule has 0 spiro atoms. The van der Waals surface area contributed by atoms with Gasteiger partial charge < -0.3 is 10.6 Å². The van der Waals surface area contributed by atoms with E-state index in [-0.39, 0.29) is 5.91 Å². The molecule has 3 rings (SSSR count). The molecule has 126 valence electrons. The summed E-state index contributed by atoms with van der Waals surface area (Å²) in [6.45, 7) is 0.858. The third-order valence-electron chi connectivity index (χ3n) is 3.47. The van der Waals surface area contributed by atoms with Crippen molar-refractivity contribution in [2.75, 3.05) is 5.32 Å². The van der Waals surface area contributed by atoms with Crippen LogP contribution in [0, 0.1) is 0 Å². The molecule has 2 heterocycles. The van der Waals surface area contributed by atoms with Gasteiger partial charge >= 0.3 is 0 Å². The van der Waals surface area contributed by atoms with Crippen LogP contribution in [-0.4, -0.2) is 20.9 Å². The number of carbonyl (C=O) groups is 1. The molecule has 0 saturated carbocycles. The number of amides is 1. The molecule has 0 aliphatic carbocycles. The van der Waals surface area contributed by atoms with Gasteiger partial charge in [0.2, 0.25) is 5.95 Å². The molecule has 0 atom stereocenters. The summed E-state index contributed by atoms with van der Waals surface area (Å²) in [4.78, 5) is 24.7. The average Bonchev–Trinajstić information content (AvgIpc) is 2.67. The summed E-state index contributed by atoms with van der Waals surface area (Å²) in [7, 11) is 0. The van der Waals surface area contributed by atoms with Crippen LogP contribution in [0.2, 0.25) is 5.02 Å². The molecule has 3 aromatic rings. The highest BCUT2D eigenvalue weighted by atomic mass is 35.5. The second-order valence-corrected chi connectivity index (χ2v) is 5.65. The van der Waals surface area contributed by atoms with Gasteiger partial charge in [0.15, 0.2) is 0 Å². The fourth-order valence-electron chi connectivity index (χ4n) is 2.13. The zero-order chi connectivity index (χ0) is 17.5. The quantitative estimate of drug-likeness (QED) is 0.712. The fraction of sp³-hybridized carbons (Fsp3) is 0.111. The molecule has 25 heavy (non-hydrogen) atoms. The number of pyridine rings is 1. The van der Waals surface area contributed by atoms with E-state index in [1.807, 2.05) is 36.4 Å². The van der Waals surface area contributed by atoms with E-state index in [4.69, 9.17) is 11.6 Å². The first-order valence-corrected chi connectivity index (χ1v) is 8.07. The van der Waals surface area contributed by atoms with Gasteiger partial charge in [-0.15, -0.1) is 0 Å². The molecule has 6 nitrogen and oxygen atoms in total. The lowest BCUT2D eigenvalue weighted by Gasteiger charge is -2.07. The summed E-state index contributed by atoms with van der Waals surface area (Å²) in [5, 5.41) is 6.48. The van der Waals surface area contributed by atoms with Crippen LogP contribution in [0.25, 0.3) is 0 Å². The monoisotopic (exact) mass is 353 g/mol. The van der Waals surface area contributed by atoms with Crippen molar-refractivity contribution in [3.8, 4) is 0 Å². The maximum absolute atomic E-state index is 12.2. The third kappa shape index (κ3) is 4.74. The van der Waals surface area contributed by atoms with Crippen LogP contribution in [0.4, 0.5) is 5.95 Å². The van der Waals surface area contributed by atoms with E-state index in [0.717, 1.165) is 11.3 Å². The lowest BCUT2D eigenvalue weighted by molar-refractivity contribution is 0.0950. The molecule has 0 aliphatic rings. The maximum atomic E-state index is 12.2. The normalized spacial score (nSPS) is 10.3. The van der Waals surface area contributed by atoms with E-state index in [1.165, 1.54) is 12.4 Å². The van der Waals surface area contributed by atoms with Crippen LogP contribution >= 0.6 is 11.6 Å². The summed E-state index contributed by atoms with van der Waals surface area (Å²) in [5.41, 5.74) is 2.12. The lowest BCUT2D eigenvalue weighted by Crippen LogP contribution is -2.23. The smallest absolute Gasteiger partial charge is 0.254 e. The number of rotatable bonds is 6. The van der Waals surface area contributed by atoms with Crippen molar-refractivity contribution in [2.45, 2.75) is 13.1 Å². The summed E-state index contributed by atoms with van der Waals surface area (Å²) in [5.74, 6) is 0.185. The zero-order valence-electron chi connectivity index (χ0n) is 13.3. The van der Waals surface area contributed by atoms with Crippen LogP contribution in [0.1, 0.15) is 21.6 Å². The van der Waals surface area contributed by atoms with E-state index in [1.54, 1.807) is 12.3 Å². The molecule has 7 heteroatoms. The van der Waals surface area contributed by atoms with Gasteiger partial charge in [0, 0.05) is 30.2 Å². The van der Waals surface area contributed by atoms with Crippen LogP contribution in [0.15, 0.2) is 61.1 Å². The molecule has 2 N–H and O–H groups in total. The summed E-state index contributed by atoms with van der Waals surface area (Å²) < 4.78 is 0. The first-order chi connectivity index (χ1) is 12.2. The number of benzene rings is 1. The minimum Gasteiger partial charge on any atom is -0.349 e. The molecule has 0 bridgehead atoms. The molecule has 1 aromatic carbocycles. The number of anilines is 1. The van der Waals surface area contributed by atoms with Crippen molar-refractivity contribution in [1.29, 1.82) is 0 Å². The van der Waals surface area contributed by atoms with Gasteiger partial charge in [-0.1, -0.05) is 35.9 Å². The van der Waals surface area contributed by atoms with E-state index in [0.29, 0.717) is 29.6 Å². The second kappa shape index (κ2) is 8.21. The highest BCUT2D eigenvalue weighted by molar-refractivity contribution is 6.31. The third-order valence-corrected chi connectivity index (χ3v) is 3.83. The Morgan fingerprint density at radius 3 is 2.44 bits per heavy atom. The van der Waals surface area contributed by atoms with Crippen LogP contribution in [-0.2, 0) is 13.1 Å². The van der Waals surface area contributed by atoms with E-state index < -0.39 is 0 Å². The van der Waals surface area contributed by atoms with E-state index >= 15 is 0 Å². The first-order valence-electron chi connectivity index (χ1n) is 7.70. The maximum Gasteiger partial charge on any atom is 0.254 e. The van der Waals surface area contributed by atoms with Crippen LogP contribution in [0.3, 0.4) is 0 Å². The largest absolute Gasteiger partial charge is 0.349 e. The highest BCUT2D eigenvalue weighted by Gasteiger charge is 2.08. The number of hydrogen-bond acceptors (Lipinski definition) is 5. The number of aromatic nitrogens is 3. The minimum atomic E-state index is -0.254. The Labute approximate surface area is 150 Å². The number of nitrogens with one attached hydrogen (secondary N) is 2. The Morgan fingerprint density at radius 2 is 1.72 bits per heavy atom. The van der Waals surface area contributed by atoms with Crippen LogP contribution in [0.5, 0.6) is 0 Å². The first kappa shape index (κ1) is 16.9. The van der Waals surface area contributed by atoms with Gasteiger partial charge in [0.1, 0.15) is 0 Å². The Bertz CT molecular complexity index is 840. The average molecular weight is 354 g/mol. The molecule has 0 unspecified atom stereocenters. The molecule has 0 radical (unpaired) electrons. The Morgan fingerprint density at radius 1 is 0.960 bits per heavy atom. The van der Waals surface area contributed by atoms with Crippen molar-refractivity contribution < 1.29 is 4.79 Å². The Kier molecular flexibility index (Phi) is 5.53. The molecule has 0 fully saturated rings. The van der Waals surface area contributed by atoms with Crippen molar-refractivity contribution in [3.05, 3.63) is 82.9 Å². The fourth-order valence-corrected chi connectivity index (χ4v) is 2.33. The number of carbonyl (C=O) groups excluding carboxylic acids is 1. The molecule has 2 aromatic heterocycles. The molecular formula is C18H16ClN5O. The van der Waals surface area contributed by atoms with Crippen molar-refractivity contribution in [2.24, 2.45) is 0 Å². The minimum absolute atomic E-state index is 0.254. The number of hydrogen-bond donors (Lipinski definition) is 2. The van der Waals surface area contributed by atoms with Gasteiger partial charge in [-0.05, 0) is 23.8 Å². The van der Waals surface area contributed by atoms with Crippen molar-refractivity contribution >= 4 is 23.5 Å². The Balaban J connectivity index is 1.54. The zero-order valence-corrected chi connectivity index (χ0v) is 14.1. The molecule has 0 saturated heterocycles. The number of nitrogens with zero attached hydrogens (tertiary/aromatic N) is 3. The lowest BCUT2D eigenvalue weighted by atomic mass is 10.2. The van der Waals surface area contributed by atoms with Gasteiger partial charge in [-0.3, -0.25) is 9.78 Å². The topological polar surface area (TPSA) is 79.8 Å². The predicted octanol–water partition coefficient (Wildman–Crippen LogP) is 3.07. The van der Waals surface area contributed by atoms with Crippen molar-refractivity contribution in [3.63, 3.8) is 0 Å². The van der Waals surface area contributed by atoms with E-state index in [2.05, 4.69) is 25.6 Å². The van der Waals surface area contributed by atoms with Gasteiger partial charge in [0.05, 0.1) is 17.8 Å². The number of halogens is 1. The standard InChI is InChI=1S/C18H16ClN5O/c19-16-7-2-1-5-13(16)9-21-17(25)14-10-22-18(23-11-14)24-12-15-6-3-4-8-20-15/h1-8,10-11H,9,12H2,(H,21,25)(H,22,23,24). The Hall–Kier alpha value is -2.99. The summed E-state index contributed by atoms with van der Waals surface area (Å²) in [6.07, 6.45) is 4.69. The van der Waals surface area contributed by atoms with Crippen LogP contribution < -0.4 is 10.6 Å². The second-order valence-electron chi connectivity index (χ2n) is 5.24. The predicted molar refractivity (Wildman–Crippen MR) is 96.2 cm³/mol. The van der Waals surface area contributed by atoms with Crippen molar-refractivity contribution in [1.82, 2.24) is 20.3 Å². The SMILES string of the molecule is O=C(NCc1ccccc1Cl)c1cnc(NCc2ccccn2)nc1. The summed E-state index contributed by atoms with van der Waals surface area (Å²) in [6, 6.07) is 13.0. The van der Waals surface area contributed by atoms with E-state index in [9.17, 15) is 4.79 Å². The van der Waals surface area contributed by atoms with Gasteiger partial charge in [0.25, 0.3) is 5.91 Å². The van der Waals surface area contributed by atoms with Gasteiger partial charge in [-0.2, -0.15) is 0 Å². The molecular weight excluding hydrogens is 338 g/mol. The molecule has 0 aliphatic heterocycles. The summed E-state index contributed by atoms with van der Waals surface area (Å²) >= 11 is 6.07.